The largest absolute Gasteiger partial charge is 0.495 e. The maximum absolute atomic E-state index is 5.21. The molecule has 11 heavy (non-hydrogen) atoms. The highest BCUT2D eigenvalue weighted by Gasteiger charge is 2.00. The molecule has 1 aromatic carbocycles. The van der Waals surface area contributed by atoms with Crippen LogP contribution in [0.2, 0.25) is 0 Å². The van der Waals surface area contributed by atoms with Crippen molar-refractivity contribution in [3.63, 3.8) is 0 Å². The molecule has 0 aliphatic carbocycles. The van der Waals surface area contributed by atoms with Crippen LogP contribution in [0.15, 0.2) is 24.3 Å². The molecule has 0 amide bonds. The Labute approximate surface area is 73.2 Å². The third-order valence-corrected chi connectivity index (χ3v) is 2.53. The third kappa shape index (κ3) is 1.84. The summed E-state index contributed by atoms with van der Waals surface area (Å²) in [6.45, 7) is 0. The lowest BCUT2D eigenvalue weighted by Crippen LogP contribution is -2.14. The molecule has 1 aromatic rings. The van der Waals surface area contributed by atoms with E-state index < -0.39 is 0 Å². The second-order valence-corrected chi connectivity index (χ2v) is 7.04. The van der Waals surface area contributed by atoms with Crippen LogP contribution in [0.1, 0.15) is 0 Å². The number of benzene rings is 1. The Hall–Kier alpha value is -0.746. The molecule has 60 valence electrons. The summed E-state index contributed by atoms with van der Waals surface area (Å²) in [5.41, 5.74) is 1.23. The van der Waals surface area contributed by atoms with Crippen molar-refractivity contribution < 1.29 is 4.74 Å². The Morgan fingerprint density at radius 2 is 1.91 bits per heavy atom. The summed E-state index contributed by atoms with van der Waals surface area (Å²) in [7, 11) is 3.86. The number of ether oxygens (including phenoxy) is 1. The molecule has 0 aromatic heterocycles. The van der Waals surface area contributed by atoms with Crippen molar-refractivity contribution in [2.45, 2.75) is 0 Å². The first-order chi connectivity index (χ1) is 5.25. The maximum atomic E-state index is 5.21. The lowest BCUT2D eigenvalue weighted by Gasteiger charge is -2.16. The predicted octanol–water partition coefficient (Wildman–Crippen LogP) is -0.938. The average Bonchev–Trinajstić information content (AvgIpc) is 2.04. The Morgan fingerprint density at radius 3 is 2.36 bits per heavy atom. The highest BCUT2D eigenvalue weighted by atomic mass is 28.2. The van der Waals surface area contributed by atoms with E-state index in [2.05, 4.69) is 10.3 Å². The van der Waals surface area contributed by atoms with Crippen LogP contribution in [0.3, 0.4) is 0 Å². The molecule has 0 heterocycles. The zero-order valence-corrected chi connectivity index (χ0v) is 11.2. The summed E-state index contributed by atoms with van der Waals surface area (Å²) in [6, 6.07) is 8.13. The van der Waals surface area contributed by atoms with Gasteiger partial charge in [0, 0.05) is 0 Å². The minimum Gasteiger partial charge on any atom is -0.495 e. The van der Waals surface area contributed by atoms with E-state index in [0.29, 0.717) is 0 Å². The Balaban J connectivity index is 3.02. The van der Waals surface area contributed by atoms with Crippen LogP contribution in [0.5, 0.6) is 5.75 Å². The van der Waals surface area contributed by atoms with Gasteiger partial charge in [0.05, 0.1) is 33.6 Å². The second kappa shape index (κ2) is 3.59. The Bertz CT molecular complexity index is 240. The molecule has 0 N–H and O–H groups in total. The topological polar surface area (TPSA) is 12.5 Å². The molecular weight excluding hydrogens is 170 g/mol. The molecule has 0 spiro atoms. The SMILES string of the molecule is COc1ccccc1N([SiH3])[SiH3]. The molecule has 0 fully saturated rings. The lowest BCUT2D eigenvalue weighted by atomic mass is 10.3. The van der Waals surface area contributed by atoms with E-state index in [-0.39, 0.29) is 0 Å². The van der Waals surface area contributed by atoms with Gasteiger partial charge < -0.3 is 8.97 Å². The molecule has 0 saturated heterocycles. The van der Waals surface area contributed by atoms with Gasteiger partial charge in [0.25, 0.3) is 0 Å². The standard InChI is InChI=1S/C7H13NOSi2/c1-9-7-5-3-2-4-6(7)8(10)11/h2-5H,1,10-11H3. The Kier molecular flexibility index (Phi) is 2.72. The van der Waals surface area contributed by atoms with E-state index in [1.807, 2.05) is 18.2 Å². The fourth-order valence-corrected chi connectivity index (χ4v) is 1.74. The zero-order valence-electron chi connectivity index (χ0n) is 7.16. The van der Waals surface area contributed by atoms with Crippen molar-refractivity contribution in [2.75, 3.05) is 11.3 Å². The van der Waals surface area contributed by atoms with Gasteiger partial charge in [-0.3, -0.25) is 0 Å². The summed E-state index contributed by atoms with van der Waals surface area (Å²) in [6.07, 6.45) is 0. The smallest absolute Gasteiger partial charge is 0.140 e. The second-order valence-electron chi connectivity index (χ2n) is 2.57. The summed E-state index contributed by atoms with van der Waals surface area (Å²) in [5.74, 6) is 0.984. The normalized spacial score (nSPS) is 9.91. The van der Waals surface area contributed by atoms with E-state index in [1.165, 1.54) is 5.69 Å². The van der Waals surface area contributed by atoms with Gasteiger partial charge in [-0.15, -0.1) is 0 Å². The number of rotatable bonds is 2. The summed E-state index contributed by atoms with van der Waals surface area (Å²) in [4.78, 5) is 0. The van der Waals surface area contributed by atoms with E-state index in [4.69, 9.17) is 4.74 Å². The molecule has 4 heteroatoms. The van der Waals surface area contributed by atoms with Crippen LogP contribution in [-0.4, -0.2) is 27.9 Å². The molecule has 0 atom stereocenters. The highest BCUT2D eigenvalue weighted by molar-refractivity contribution is 6.42. The van der Waals surface area contributed by atoms with Gasteiger partial charge in [-0.05, 0) is 12.1 Å². The number of hydrogen-bond acceptors (Lipinski definition) is 2. The molecule has 0 radical (unpaired) electrons. The highest BCUT2D eigenvalue weighted by Crippen LogP contribution is 2.24. The van der Waals surface area contributed by atoms with Gasteiger partial charge in [0.1, 0.15) is 5.75 Å². The van der Waals surface area contributed by atoms with E-state index >= 15 is 0 Å². The first-order valence-corrected chi connectivity index (χ1v) is 5.35. The quantitative estimate of drug-likeness (QED) is 0.549. The van der Waals surface area contributed by atoms with Gasteiger partial charge in [0.2, 0.25) is 0 Å². The fourth-order valence-electron chi connectivity index (χ4n) is 0.999. The molecule has 0 unspecified atom stereocenters. The van der Waals surface area contributed by atoms with Crippen LogP contribution in [0.25, 0.3) is 0 Å². The minimum absolute atomic E-state index is 0.984. The first-order valence-electron chi connectivity index (χ1n) is 3.56. The first kappa shape index (κ1) is 8.35. The van der Waals surface area contributed by atoms with Gasteiger partial charge in [-0.25, -0.2) is 0 Å². The van der Waals surface area contributed by atoms with Crippen molar-refractivity contribution in [3.05, 3.63) is 24.3 Å². The van der Waals surface area contributed by atoms with Gasteiger partial charge in [-0.2, -0.15) is 0 Å². The predicted molar refractivity (Wildman–Crippen MR) is 55.4 cm³/mol. The summed E-state index contributed by atoms with van der Waals surface area (Å²) in [5, 5.41) is 0. The fraction of sp³-hybridized carbons (Fsp3) is 0.143. The molecule has 2 nitrogen and oxygen atoms in total. The molecule has 0 saturated carbocycles. The summed E-state index contributed by atoms with van der Waals surface area (Å²) < 4.78 is 7.51. The van der Waals surface area contributed by atoms with Gasteiger partial charge in [0.15, 0.2) is 0 Å². The summed E-state index contributed by atoms with van der Waals surface area (Å²) >= 11 is 0. The van der Waals surface area contributed by atoms with Gasteiger partial charge in [-0.1, -0.05) is 12.1 Å². The van der Waals surface area contributed by atoms with E-state index in [1.54, 1.807) is 7.11 Å². The van der Waals surface area contributed by atoms with Crippen molar-refractivity contribution in [1.29, 1.82) is 0 Å². The van der Waals surface area contributed by atoms with E-state index in [9.17, 15) is 0 Å². The number of hydrogen-bond donors (Lipinski definition) is 0. The monoisotopic (exact) mass is 183 g/mol. The van der Waals surface area contributed by atoms with Crippen LogP contribution in [0.4, 0.5) is 5.69 Å². The van der Waals surface area contributed by atoms with Crippen molar-refractivity contribution in [1.82, 2.24) is 0 Å². The van der Waals surface area contributed by atoms with Crippen LogP contribution >= 0.6 is 0 Å². The van der Waals surface area contributed by atoms with E-state index in [0.717, 1.165) is 26.6 Å². The van der Waals surface area contributed by atoms with Crippen molar-refractivity contribution in [3.8, 4) is 5.75 Å². The molecular formula is C7H13NOSi2. The third-order valence-electron chi connectivity index (χ3n) is 1.57. The maximum Gasteiger partial charge on any atom is 0.140 e. The zero-order chi connectivity index (χ0) is 8.27. The van der Waals surface area contributed by atoms with Crippen LogP contribution in [0, 0.1) is 0 Å². The van der Waals surface area contributed by atoms with Crippen molar-refractivity contribution in [2.24, 2.45) is 0 Å². The lowest BCUT2D eigenvalue weighted by molar-refractivity contribution is 0.416. The van der Waals surface area contributed by atoms with Crippen LogP contribution < -0.4 is 8.97 Å². The molecule has 0 aliphatic heterocycles. The molecule has 0 aliphatic rings. The number of methoxy groups -OCH3 is 1. The average molecular weight is 183 g/mol. The number of para-hydroxylation sites is 2. The number of nitrogens with zero attached hydrogens (tertiary/aromatic N) is 1. The molecule has 1 rings (SSSR count). The number of anilines is 1. The molecule has 0 bridgehead atoms. The van der Waals surface area contributed by atoms with Gasteiger partial charge >= 0.3 is 0 Å². The van der Waals surface area contributed by atoms with Crippen LogP contribution in [-0.2, 0) is 0 Å². The minimum atomic E-state index is 0.984. The Morgan fingerprint density at radius 1 is 1.27 bits per heavy atom. The van der Waals surface area contributed by atoms with Crippen molar-refractivity contribution >= 4 is 26.5 Å².